The van der Waals surface area contributed by atoms with Gasteiger partial charge in [0, 0.05) is 43.9 Å². The lowest BCUT2D eigenvalue weighted by Gasteiger charge is -2.17. The van der Waals surface area contributed by atoms with Crippen molar-refractivity contribution in [2.45, 2.75) is 40.0 Å². The van der Waals surface area contributed by atoms with Crippen LogP contribution in [0.15, 0.2) is 41.4 Å². The van der Waals surface area contributed by atoms with Crippen LogP contribution in [0.25, 0.3) is 0 Å². The highest BCUT2D eigenvalue weighted by Crippen LogP contribution is 2.22. The van der Waals surface area contributed by atoms with E-state index in [-0.39, 0.29) is 36.4 Å². The summed E-state index contributed by atoms with van der Waals surface area (Å²) in [5, 5.41) is 6.65. The molecular formula is C25H35FIN3O3. The Morgan fingerprint density at radius 3 is 2.76 bits per heavy atom. The average Bonchev–Trinajstić information content (AvgIpc) is 3.31. The van der Waals surface area contributed by atoms with Crippen LogP contribution in [0.5, 0.6) is 5.75 Å². The standard InChI is InChI=1S/C25H34FN3O3.HI/c1-4-27-25(28-13-19-6-8-23(26)22(12-19)17-30-3)29-14-21-7-5-18(2)11-24(21)32-16-20-9-10-31-15-20;/h5-8,11-12,20H,4,9-10,13-17H2,1-3H3,(H2,27,28,29);1H. The van der Waals surface area contributed by atoms with Gasteiger partial charge in [-0.25, -0.2) is 9.38 Å². The summed E-state index contributed by atoms with van der Waals surface area (Å²) < 4.78 is 30.5. The Balaban J connectivity index is 0.00000385. The number of ether oxygens (including phenoxy) is 3. The molecule has 0 saturated carbocycles. The molecule has 1 aliphatic rings. The number of hydrogen-bond donors (Lipinski definition) is 2. The second kappa shape index (κ2) is 14.4. The predicted octanol–water partition coefficient (Wildman–Crippen LogP) is 4.57. The van der Waals surface area contributed by atoms with E-state index in [9.17, 15) is 4.39 Å². The van der Waals surface area contributed by atoms with Gasteiger partial charge >= 0.3 is 0 Å². The van der Waals surface area contributed by atoms with Crippen LogP contribution >= 0.6 is 24.0 Å². The summed E-state index contributed by atoms with van der Waals surface area (Å²) in [5.74, 6) is 1.78. The lowest BCUT2D eigenvalue weighted by molar-refractivity contribution is 0.166. The fourth-order valence-corrected chi connectivity index (χ4v) is 3.55. The molecule has 2 N–H and O–H groups in total. The van der Waals surface area contributed by atoms with Gasteiger partial charge in [0.25, 0.3) is 0 Å². The van der Waals surface area contributed by atoms with Crippen molar-refractivity contribution in [3.05, 3.63) is 64.5 Å². The first-order valence-corrected chi connectivity index (χ1v) is 11.2. The summed E-state index contributed by atoms with van der Waals surface area (Å²) >= 11 is 0. The lowest BCUT2D eigenvalue weighted by atomic mass is 10.1. The summed E-state index contributed by atoms with van der Waals surface area (Å²) in [4.78, 5) is 4.66. The van der Waals surface area contributed by atoms with Crippen molar-refractivity contribution in [1.29, 1.82) is 0 Å². The molecule has 0 aliphatic carbocycles. The topological polar surface area (TPSA) is 64.1 Å². The molecule has 2 aromatic carbocycles. The van der Waals surface area contributed by atoms with Gasteiger partial charge < -0.3 is 24.8 Å². The van der Waals surface area contributed by atoms with Crippen LogP contribution in [0, 0.1) is 18.7 Å². The van der Waals surface area contributed by atoms with E-state index in [0.29, 0.717) is 37.1 Å². The monoisotopic (exact) mass is 571 g/mol. The van der Waals surface area contributed by atoms with E-state index in [1.54, 1.807) is 19.2 Å². The molecule has 0 radical (unpaired) electrons. The zero-order valence-electron chi connectivity index (χ0n) is 19.7. The number of aryl methyl sites for hydroxylation is 1. The molecule has 8 heteroatoms. The predicted molar refractivity (Wildman–Crippen MR) is 140 cm³/mol. The minimum absolute atomic E-state index is 0. The van der Waals surface area contributed by atoms with Gasteiger partial charge in [0.15, 0.2) is 5.96 Å². The Hall–Kier alpha value is -1.91. The van der Waals surface area contributed by atoms with E-state index in [1.165, 1.54) is 6.07 Å². The third-order valence-electron chi connectivity index (χ3n) is 5.34. The third-order valence-corrected chi connectivity index (χ3v) is 5.34. The van der Waals surface area contributed by atoms with Crippen molar-refractivity contribution in [3.8, 4) is 5.75 Å². The van der Waals surface area contributed by atoms with Crippen molar-refractivity contribution in [1.82, 2.24) is 10.6 Å². The Morgan fingerprint density at radius 1 is 1.18 bits per heavy atom. The molecule has 3 rings (SSSR count). The van der Waals surface area contributed by atoms with Gasteiger partial charge in [-0.1, -0.05) is 18.2 Å². The van der Waals surface area contributed by atoms with Crippen molar-refractivity contribution < 1.29 is 18.6 Å². The van der Waals surface area contributed by atoms with Crippen molar-refractivity contribution in [3.63, 3.8) is 0 Å². The van der Waals surface area contributed by atoms with Crippen LogP contribution in [0.3, 0.4) is 0 Å². The molecule has 0 aromatic heterocycles. The number of rotatable bonds is 10. The van der Waals surface area contributed by atoms with Crippen LogP contribution in [-0.2, 0) is 29.2 Å². The molecule has 1 heterocycles. The maximum atomic E-state index is 13.9. The van der Waals surface area contributed by atoms with E-state index >= 15 is 0 Å². The summed E-state index contributed by atoms with van der Waals surface area (Å²) in [6.45, 7) is 8.34. The zero-order chi connectivity index (χ0) is 22.8. The number of halogens is 2. The van der Waals surface area contributed by atoms with Gasteiger partial charge in [-0.15, -0.1) is 24.0 Å². The molecule has 0 bridgehead atoms. The summed E-state index contributed by atoms with van der Waals surface area (Å²) in [7, 11) is 1.56. The fraction of sp³-hybridized carbons (Fsp3) is 0.480. The first-order valence-electron chi connectivity index (χ1n) is 11.2. The Morgan fingerprint density at radius 2 is 2.03 bits per heavy atom. The number of methoxy groups -OCH3 is 1. The molecule has 0 amide bonds. The first-order chi connectivity index (χ1) is 15.6. The highest BCUT2D eigenvalue weighted by atomic mass is 127. The van der Waals surface area contributed by atoms with Gasteiger partial charge in [-0.05, 0) is 49.6 Å². The SMILES string of the molecule is CCNC(=NCc1ccc(F)c(COC)c1)NCc1ccc(C)cc1OCC1CCOC1.I. The fourth-order valence-electron chi connectivity index (χ4n) is 3.55. The van der Waals surface area contributed by atoms with Crippen LogP contribution < -0.4 is 15.4 Å². The summed E-state index contributed by atoms with van der Waals surface area (Å²) in [6, 6.07) is 11.3. The number of nitrogens with one attached hydrogen (secondary N) is 2. The highest BCUT2D eigenvalue weighted by molar-refractivity contribution is 14.0. The molecule has 0 spiro atoms. The minimum Gasteiger partial charge on any atom is -0.493 e. The van der Waals surface area contributed by atoms with Crippen molar-refractivity contribution >= 4 is 29.9 Å². The molecule has 1 unspecified atom stereocenters. The Kier molecular flexibility index (Phi) is 11.9. The van der Waals surface area contributed by atoms with E-state index in [4.69, 9.17) is 14.2 Å². The number of benzene rings is 2. The smallest absolute Gasteiger partial charge is 0.191 e. The third kappa shape index (κ3) is 8.75. The van der Waals surface area contributed by atoms with Gasteiger partial charge in [0.2, 0.25) is 0 Å². The average molecular weight is 571 g/mol. The maximum Gasteiger partial charge on any atom is 0.191 e. The van der Waals surface area contributed by atoms with E-state index < -0.39 is 0 Å². The lowest BCUT2D eigenvalue weighted by Crippen LogP contribution is -2.36. The van der Waals surface area contributed by atoms with E-state index in [0.717, 1.165) is 48.6 Å². The van der Waals surface area contributed by atoms with Crippen molar-refractivity contribution in [2.75, 3.05) is 33.5 Å². The van der Waals surface area contributed by atoms with Crippen LogP contribution in [0.2, 0.25) is 0 Å². The number of guanidine groups is 1. The quantitative estimate of drug-likeness (QED) is 0.249. The molecule has 1 fully saturated rings. The number of hydrogen-bond acceptors (Lipinski definition) is 4. The summed E-state index contributed by atoms with van der Waals surface area (Å²) in [5.41, 5.74) is 3.69. The second-order valence-electron chi connectivity index (χ2n) is 8.06. The highest BCUT2D eigenvalue weighted by Gasteiger charge is 2.17. The van der Waals surface area contributed by atoms with E-state index in [2.05, 4.69) is 40.7 Å². The van der Waals surface area contributed by atoms with Gasteiger partial charge in [-0.3, -0.25) is 0 Å². The van der Waals surface area contributed by atoms with Crippen LogP contribution in [-0.4, -0.2) is 39.4 Å². The van der Waals surface area contributed by atoms with Gasteiger partial charge in [0.05, 0.1) is 26.4 Å². The first kappa shape index (κ1) is 27.3. The second-order valence-corrected chi connectivity index (χ2v) is 8.06. The van der Waals surface area contributed by atoms with Crippen LogP contribution in [0.1, 0.15) is 35.6 Å². The van der Waals surface area contributed by atoms with Gasteiger partial charge in [0.1, 0.15) is 11.6 Å². The van der Waals surface area contributed by atoms with Crippen molar-refractivity contribution in [2.24, 2.45) is 10.9 Å². The number of aliphatic imine (C=N–C) groups is 1. The minimum atomic E-state index is -0.263. The largest absolute Gasteiger partial charge is 0.493 e. The summed E-state index contributed by atoms with van der Waals surface area (Å²) in [6.07, 6.45) is 1.05. The number of nitrogens with zero attached hydrogens (tertiary/aromatic N) is 1. The van der Waals surface area contributed by atoms with Gasteiger partial charge in [-0.2, -0.15) is 0 Å². The molecule has 1 saturated heterocycles. The molecule has 6 nitrogen and oxygen atoms in total. The molecule has 2 aromatic rings. The zero-order valence-corrected chi connectivity index (χ0v) is 22.0. The van der Waals surface area contributed by atoms with E-state index in [1.807, 2.05) is 6.92 Å². The molecule has 1 aliphatic heterocycles. The van der Waals surface area contributed by atoms with Crippen LogP contribution in [0.4, 0.5) is 4.39 Å². The molecule has 33 heavy (non-hydrogen) atoms. The molecule has 1 atom stereocenters. The maximum absolute atomic E-state index is 13.9. The Bertz CT molecular complexity index is 904. The molecular weight excluding hydrogens is 536 g/mol. The Labute approximate surface area is 213 Å². The normalized spacial score (nSPS) is 15.8. The molecule has 182 valence electrons.